The van der Waals surface area contributed by atoms with E-state index in [1.54, 1.807) is 4.90 Å². The Kier molecular flexibility index (Phi) is 5.79. The van der Waals surface area contributed by atoms with Crippen LogP contribution in [0.25, 0.3) is 0 Å². The van der Waals surface area contributed by atoms with Crippen LogP contribution < -0.4 is 10.3 Å². The molecular formula is C20H26BrN3O3. The van der Waals surface area contributed by atoms with Gasteiger partial charge >= 0.3 is 0 Å². The van der Waals surface area contributed by atoms with Gasteiger partial charge in [0.25, 0.3) is 5.56 Å². The minimum Gasteiger partial charge on any atom is -0.492 e. The topological polar surface area (TPSA) is 78.2 Å². The van der Waals surface area contributed by atoms with E-state index in [1.165, 1.54) is 5.56 Å². The van der Waals surface area contributed by atoms with Crippen LogP contribution in [0.1, 0.15) is 50.4 Å². The average molecular weight is 436 g/mol. The van der Waals surface area contributed by atoms with Crippen molar-refractivity contribution in [2.75, 3.05) is 13.2 Å². The van der Waals surface area contributed by atoms with Gasteiger partial charge in [-0.15, -0.1) is 0 Å². The molecule has 0 atom stereocenters. The molecule has 1 amide bonds. The number of nitrogens with zero attached hydrogens (tertiary/aromatic N) is 1. The van der Waals surface area contributed by atoms with Gasteiger partial charge in [0.05, 0.1) is 23.3 Å². The van der Waals surface area contributed by atoms with Gasteiger partial charge in [0.1, 0.15) is 5.75 Å². The van der Waals surface area contributed by atoms with Gasteiger partial charge in [0, 0.05) is 18.5 Å². The van der Waals surface area contributed by atoms with Gasteiger partial charge in [-0.1, -0.05) is 26.8 Å². The molecule has 0 fully saturated rings. The molecule has 0 unspecified atom stereocenters. The lowest BCUT2D eigenvalue weighted by Gasteiger charge is -2.26. The maximum Gasteiger partial charge on any atom is 0.267 e. The van der Waals surface area contributed by atoms with Gasteiger partial charge in [-0.3, -0.25) is 14.7 Å². The molecule has 1 aromatic carbocycles. The van der Waals surface area contributed by atoms with Crippen LogP contribution >= 0.6 is 15.9 Å². The Labute approximate surface area is 167 Å². The number of amides is 1. The Morgan fingerprint density at radius 3 is 2.78 bits per heavy atom. The summed E-state index contributed by atoms with van der Waals surface area (Å²) in [4.78, 5) is 25.8. The molecule has 1 aliphatic rings. The summed E-state index contributed by atoms with van der Waals surface area (Å²) >= 11 is 3.57. The zero-order valence-corrected chi connectivity index (χ0v) is 17.6. The van der Waals surface area contributed by atoms with Crippen molar-refractivity contribution < 1.29 is 9.53 Å². The number of ether oxygens (including phenoxy) is 1. The third kappa shape index (κ3) is 4.64. The van der Waals surface area contributed by atoms with Crippen molar-refractivity contribution in [3.63, 3.8) is 0 Å². The summed E-state index contributed by atoms with van der Waals surface area (Å²) in [6.45, 7) is 8.06. The second-order valence-electron chi connectivity index (χ2n) is 7.95. The first-order chi connectivity index (χ1) is 12.8. The zero-order valence-electron chi connectivity index (χ0n) is 16.0. The third-order valence-electron chi connectivity index (χ3n) is 4.89. The smallest absolute Gasteiger partial charge is 0.267 e. The SMILES string of the molecule is CC(C)(C)c1ccc(OCCCC(=O)N2CCc3c([nH][nH]c3=O)C2)c(Br)c1. The number of carbonyl (C=O) groups excluding carboxylic acids is 1. The van der Waals surface area contributed by atoms with E-state index in [0.29, 0.717) is 39.0 Å². The van der Waals surface area contributed by atoms with Crippen molar-refractivity contribution in [3.8, 4) is 5.75 Å². The summed E-state index contributed by atoms with van der Waals surface area (Å²) in [7, 11) is 0. The molecule has 1 aromatic heterocycles. The van der Waals surface area contributed by atoms with E-state index in [9.17, 15) is 9.59 Å². The molecule has 2 heterocycles. The van der Waals surface area contributed by atoms with E-state index in [4.69, 9.17) is 4.74 Å². The van der Waals surface area contributed by atoms with E-state index in [-0.39, 0.29) is 16.9 Å². The molecule has 0 radical (unpaired) electrons. The summed E-state index contributed by atoms with van der Waals surface area (Å²) in [6, 6.07) is 6.14. The monoisotopic (exact) mass is 435 g/mol. The molecular weight excluding hydrogens is 410 g/mol. The Hall–Kier alpha value is -2.02. The summed E-state index contributed by atoms with van der Waals surface area (Å²) in [5.41, 5.74) is 2.84. The van der Waals surface area contributed by atoms with Crippen molar-refractivity contribution in [2.24, 2.45) is 0 Å². The first-order valence-electron chi connectivity index (χ1n) is 9.24. The van der Waals surface area contributed by atoms with Crippen LogP contribution in [0.3, 0.4) is 0 Å². The van der Waals surface area contributed by atoms with Crippen LogP contribution in [0.4, 0.5) is 0 Å². The largest absolute Gasteiger partial charge is 0.492 e. The number of nitrogens with one attached hydrogen (secondary N) is 2. The molecule has 6 nitrogen and oxygen atoms in total. The summed E-state index contributed by atoms with van der Waals surface area (Å²) in [6.07, 6.45) is 1.68. The quantitative estimate of drug-likeness (QED) is 0.705. The van der Waals surface area contributed by atoms with Crippen LogP contribution in [0.15, 0.2) is 27.5 Å². The number of hydrogen-bond acceptors (Lipinski definition) is 3. The first-order valence-corrected chi connectivity index (χ1v) is 10.0. The number of hydrogen-bond donors (Lipinski definition) is 2. The fourth-order valence-corrected chi connectivity index (χ4v) is 3.69. The maximum absolute atomic E-state index is 12.4. The zero-order chi connectivity index (χ0) is 19.6. The number of rotatable bonds is 5. The second kappa shape index (κ2) is 7.92. The summed E-state index contributed by atoms with van der Waals surface area (Å²) < 4.78 is 6.76. The minimum absolute atomic E-state index is 0.0754. The molecule has 146 valence electrons. The number of carbonyl (C=O) groups is 1. The molecule has 0 saturated heterocycles. The highest BCUT2D eigenvalue weighted by Gasteiger charge is 2.23. The predicted octanol–water partition coefficient (Wildman–Crippen LogP) is 3.51. The molecule has 0 bridgehead atoms. The fourth-order valence-electron chi connectivity index (χ4n) is 3.20. The number of fused-ring (bicyclic) bond motifs is 1. The van der Waals surface area contributed by atoms with Gasteiger partial charge in [0.15, 0.2) is 0 Å². The average Bonchev–Trinajstić information content (AvgIpc) is 2.99. The molecule has 2 N–H and O–H groups in total. The Morgan fingerprint density at radius 1 is 1.30 bits per heavy atom. The minimum atomic E-state index is -0.0754. The Bertz CT molecular complexity index is 879. The molecule has 3 rings (SSSR count). The molecule has 2 aromatic rings. The molecule has 1 aliphatic heterocycles. The number of aromatic nitrogens is 2. The Morgan fingerprint density at radius 2 is 2.07 bits per heavy atom. The highest BCUT2D eigenvalue weighted by Crippen LogP contribution is 2.31. The lowest BCUT2D eigenvalue weighted by atomic mass is 9.87. The molecule has 7 heteroatoms. The van der Waals surface area contributed by atoms with E-state index >= 15 is 0 Å². The first kappa shape index (κ1) is 19.7. The van der Waals surface area contributed by atoms with Crippen molar-refractivity contribution in [3.05, 3.63) is 49.8 Å². The van der Waals surface area contributed by atoms with Crippen LogP contribution in [0.5, 0.6) is 5.75 Å². The van der Waals surface area contributed by atoms with Crippen molar-refractivity contribution >= 4 is 21.8 Å². The highest BCUT2D eigenvalue weighted by atomic mass is 79.9. The lowest BCUT2D eigenvalue weighted by molar-refractivity contribution is -0.132. The van der Waals surface area contributed by atoms with E-state index in [0.717, 1.165) is 21.5 Å². The van der Waals surface area contributed by atoms with Crippen LogP contribution in [-0.4, -0.2) is 34.2 Å². The van der Waals surface area contributed by atoms with Crippen LogP contribution in [0.2, 0.25) is 0 Å². The number of H-pyrrole nitrogens is 2. The van der Waals surface area contributed by atoms with Crippen molar-refractivity contribution in [1.29, 1.82) is 0 Å². The standard InChI is InChI=1S/C20H26BrN3O3/c1-20(2,3)13-6-7-17(15(21)11-13)27-10-4-5-18(25)24-9-8-14-16(12-24)22-23-19(14)26/h6-7,11H,4-5,8-10,12H2,1-3H3,(H2,22,23,26). The number of benzene rings is 1. The van der Waals surface area contributed by atoms with Gasteiger partial charge in [-0.2, -0.15) is 0 Å². The van der Waals surface area contributed by atoms with Gasteiger partial charge in [-0.05, 0) is 51.9 Å². The normalized spacial score (nSPS) is 14.1. The maximum atomic E-state index is 12.4. The van der Waals surface area contributed by atoms with E-state index in [1.807, 2.05) is 6.07 Å². The van der Waals surface area contributed by atoms with Gasteiger partial charge in [0.2, 0.25) is 5.91 Å². The van der Waals surface area contributed by atoms with E-state index < -0.39 is 0 Å². The second-order valence-corrected chi connectivity index (χ2v) is 8.80. The molecule has 0 aliphatic carbocycles. The van der Waals surface area contributed by atoms with Crippen molar-refractivity contribution in [2.45, 2.75) is 52.0 Å². The summed E-state index contributed by atoms with van der Waals surface area (Å²) in [5.74, 6) is 0.886. The van der Waals surface area contributed by atoms with Crippen LogP contribution in [0, 0.1) is 0 Å². The fraction of sp³-hybridized carbons (Fsp3) is 0.500. The molecule has 0 spiro atoms. The number of halogens is 1. The van der Waals surface area contributed by atoms with Gasteiger partial charge < -0.3 is 14.7 Å². The summed E-state index contributed by atoms with van der Waals surface area (Å²) in [5, 5.41) is 5.44. The third-order valence-corrected chi connectivity index (χ3v) is 5.51. The Balaban J connectivity index is 1.47. The van der Waals surface area contributed by atoms with Crippen LogP contribution in [-0.2, 0) is 23.2 Å². The molecule has 27 heavy (non-hydrogen) atoms. The molecule has 0 saturated carbocycles. The van der Waals surface area contributed by atoms with Gasteiger partial charge in [-0.25, -0.2) is 0 Å². The number of aromatic amines is 2. The van der Waals surface area contributed by atoms with E-state index in [2.05, 4.69) is 59.0 Å². The predicted molar refractivity (Wildman–Crippen MR) is 108 cm³/mol. The van der Waals surface area contributed by atoms with Crippen molar-refractivity contribution in [1.82, 2.24) is 15.1 Å². The lowest BCUT2D eigenvalue weighted by Crippen LogP contribution is -2.36. The highest BCUT2D eigenvalue weighted by molar-refractivity contribution is 9.10.